The zero-order valence-electron chi connectivity index (χ0n) is 11.3. The van der Waals surface area contributed by atoms with Gasteiger partial charge in [0.05, 0.1) is 17.9 Å². The molecule has 0 bridgehead atoms. The first-order chi connectivity index (χ1) is 9.76. The summed E-state index contributed by atoms with van der Waals surface area (Å²) >= 11 is 0. The molecule has 0 saturated carbocycles. The molecule has 0 radical (unpaired) electrons. The molecule has 4 heteroatoms. The molecule has 0 fully saturated rings. The third-order valence-corrected chi connectivity index (χ3v) is 2.72. The van der Waals surface area contributed by atoms with Crippen LogP contribution in [0, 0.1) is 11.3 Å². The maximum absolute atomic E-state index is 8.97. The second kappa shape index (κ2) is 6.48. The summed E-state index contributed by atoms with van der Waals surface area (Å²) in [5.41, 5.74) is 6.63. The van der Waals surface area contributed by atoms with E-state index in [1.54, 1.807) is 18.2 Å². The minimum absolute atomic E-state index is 0.334. The van der Waals surface area contributed by atoms with Gasteiger partial charge in [-0.25, -0.2) is 0 Å². The summed E-state index contributed by atoms with van der Waals surface area (Å²) in [6.07, 6.45) is 0.917. The molecule has 102 valence electrons. The highest BCUT2D eigenvalue weighted by Gasteiger charge is 2.10. The molecular weight excluding hydrogens is 252 g/mol. The molecule has 0 atom stereocenters. The first kappa shape index (κ1) is 13.8. The molecule has 0 aliphatic heterocycles. The van der Waals surface area contributed by atoms with Crippen LogP contribution in [0.2, 0.25) is 0 Å². The van der Waals surface area contributed by atoms with Crippen LogP contribution in [0.3, 0.4) is 0 Å². The fourth-order valence-electron chi connectivity index (χ4n) is 1.71. The van der Waals surface area contributed by atoms with Gasteiger partial charge in [-0.15, -0.1) is 0 Å². The maximum Gasteiger partial charge on any atom is 0.169 e. The van der Waals surface area contributed by atoms with Gasteiger partial charge in [-0.3, -0.25) is 0 Å². The molecule has 0 aromatic heterocycles. The van der Waals surface area contributed by atoms with Crippen molar-refractivity contribution in [3.8, 4) is 23.3 Å². The summed E-state index contributed by atoms with van der Waals surface area (Å²) in [4.78, 5) is 0. The van der Waals surface area contributed by atoms with Gasteiger partial charge in [-0.05, 0) is 30.7 Å². The molecule has 2 N–H and O–H groups in total. The summed E-state index contributed by atoms with van der Waals surface area (Å²) in [5.74, 6) is 1.70. The maximum atomic E-state index is 8.97. The number of nitriles is 1. The van der Waals surface area contributed by atoms with Crippen LogP contribution < -0.4 is 15.2 Å². The third kappa shape index (κ3) is 3.01. The fraction of sp³-hybridized carbons (Fsp3) is 0.188. The highest BCUT2D eigenvalue weighted by Crippen LogP contribution is 2.35. The predicted molar refractivity (Wildman–Crippen MR) is 77.9 cm³/mol. The average molecular weight is 268 g/mol. The largest absolute Gasteiger partial charge is 0.490 e. The van der Waals surface area contributed by atoms with Crippen molar-refractivity contribution >= 4 is 5.69 Å². The fourth-order valence-corrected chi connectivity index (χ4v) is 1.71. The molecule has 2 rings (SSSR count). The Morgan fingerprint density at radius 2 is 1.75 bits per heavy atom. The van der Waals surface area contributed by atoms with E-state index in [2.05, 4.69) is 0 Å². The van der Waals surface area contributed by atoms with Gasteiger partial charge in [-0.2, -0.15) is 5.26 Å². The Hall–Kier alpha value is -2.67. The lowest BCUT2D eigenvalue weighted by molar-refractivity contribution is 0.302. The van der Waals surface area contributed by atoms with E-state index in [1.807, 2.05) is 37.3 Å². The van der Waals surface area contributed by atoms with Crippen LogP contribution in [0.5, 0.6) is 17.2 Å². The highest BCUT2D eigenvalue weighted by molar-refractivity contribution is 5.64. The molecule has 2 aromatic rings. The minimum atomic E-state index is 0.334. The van der Waals surface area contributed by atoms with Gasteiger partial charge in [0.15, 0.2) is 17.2 Å². The first-order valence-electron chi connectivity index (χ1n) is 6.44. The minimum Gasteiger partial charge on any atom is -0.490 e. The van der Waals surface area contributed by atoms with E-state index in [0.29, 0.717) is 35.1 Å². The number of nitrogens with zero attached hydrogens (tertiary/aromatic N) is 1. The second-order valence-electron chi connectivity index (χ2n) is 4.23. The number of hydrogen-bond acceptors (Lipinski definition) is 4. The zero-order chi connectivity index (χ0) is 14.4. The Kier molecular flexibility index (Phi) is 4.46. The Bertz CT molecular complexity index is 633. The van der Waals surface area contributed by atoms with E-state index >= 15 is 0 Å². The molecule has 20 heavy (non-hydrogen) atoms. The van der Waals surface area contributed by atoms with Gasteiger partial charge in [-0.1, -0.05) is 25.1 Å². The van der Waals surface area contributed by atoms with Crippen molar-refractivity contribution in [3.05, 3.63) is 48.0 Å². The van der Waals surface area contributed by atoms with Crippen molar-refractivity contribution in [3.63, 3.8) is 0 Å². The third-order valence-electron chi connectivity index (χ3n) is 2.72. The van der Waals surface area contributed by atoms with E-state index in [0.717, 1.165) is 6.42 Å². The molecule has 0 aliphatic rings. The molecule has 0 amide bonds. The van der Waals surface area contributed by atoms with Crippen LogP contribution in [0.15, 0.2) is 42.5 Å². The Morgan fingerprint density at radius 3 is 2.45 bits per heavy atom. The first-order valence-corrected chi connectivity index (χ1v) is 6.44. The van der Waals surface area contributed by atoms with Crippen molar-refractivity contribution in [2.75, 3.05) is 12.3 Å². The van der Waals surface area contributed by atoms with Crippen LogP contribution in [0.4, 0.5) is 5.69 Å². The monoisotopic (exact) mass is 268 g/mol. The van der Waals surface area contributed by atoms with Crippen LogP contribution in [0.1, 0.15) is 18.9 Å². The van der Waals surface area contributed by atoms with Crippen molar-refractivity contribution in [1.29, 1.82) is 5.26 Å². The molecule has 0 heterocycles. The number of ether oxygens (including phenoxy) is 2. The topological polar surface area (TPSA) is 68.3 Å². The van der Waals surface area contributed by atoms with Crippen LogP contribution in [-0.4, -0.2) is 6.61 Å². The highest BCUT2D eigenvalue weighted by atomic mass is 16.5. The molecule has 0 saturated heterocycles. The van der Waals surface area contributed by atoms with Crippen molar-refractivity contribution in [1.82, 2.24) is 0 Å². The SMILES string of the molecule is CCCOc1ccccc1Oc1cccc(C#N)c1N. The predicted octanol–water partition coefficient (Wildman–Crippen LogP) is 3.72. The van der Waals surface area contributed by atoms with Gasteiger partial charge in [0.2, 0.25) is 0 Å². The Balaban J connectivity index is 2.29. The van der Waals surface area contributed by atoms with E-state index < -0.39 is 0 Å². The van der Waals surface area contributed by atoms with Gasteiger partial charge in [0.1, 0.15) is 6.07 Å². The summed E-state index contributed by atoms with van der Waals surface area (Å²) in [5, 5.41) is 8.97. The number of rotatable bonds is 5. The second-order valence-corrected chi connectivity index (χ2v) is 4.23. The van der Waals surface area contributed by atoms with E-state index in [9.17, 15) is 0 Å². The zero-order valence-corrected chi connectivity index (χ0v) is 11.3. The van der Waals surface area contributed by atoms with E-state index in [1.165, 1.54) is 0 Å². The lowest BCUT2D eigenvalue weighted by atomic mass is 10.2. The summed E-state index contributed by atoms with van der Waals surface area (Å²) in [6.45, 7) is 2.66. The molecule has 0 unspecified atom stereocenters. The summed E-state index contributed by atoms with van der Waals surface area (Å²) in [6, 6.07) is 14.5. The molecule has 0 aliphatic carbocycles. The number of hydrogen-bond donors (Lipinski definition) is 1. The van der Waals surface area contributed by atoms with Gasteiger partial charge in [0, 0.05) is 0 Å². The number of nitrogen functional groups attached to an aromatic ring is 1. The Morgan fingerprint density at radius 1 is 1.05 bits per heavy atom. The lowest BCUT2D eigenvalue weighted by Gasteiger charge is -2.13. The van der Waals surface area contributed by atoms with Gasteiger partial charge < -0.3 is 15.2 Å². The lowest BCUT2D eigenvalue weighted by Crippen LogP contribution is -1.99. The number of nitrogens with two attached hydrogens (primary N) is 1. The standard InChI is InChI=1S/C16H16N2O2/c1-2-10-19-13-7-3-4-8-14(13)20-15-9-5-6-12(11-17)16(15)18/h3-9H,2,10,18H2,1H3. The number of anilines is 1. The molecule has 0 spiro atoms. The van der Waals surface area contributed by atoms with Gasteiger partial charge >= 0.3 is 0 Å². The number of para-hydroxylation sites is 3. The van der Waals surface area contributed by atoms with Crippen LogP contribution >= 0.6 is 0 Å². The van der Waals surface area contributed by atoms with Crippen molar-refractivity contribution < 1.29 is 9.47 Å². The smallest absolute Gasteiger partial charge is 0.169 e. The van der Waals surface area contributed by atoms with Crippen molar-refractivity contribution in [2.24, 2.45) is 0 Å². The molecule has 2 aromatic carbocycles. The summed E-state index contributed by atoms with van der Waals surface area (Å²) in [7, 11) is 0. The molecule has 4 nitrogen and oxygen atoms in total. The number of benzene rings is 2. The summed E-state index contributed by atoms with van der Waals surface area (Å²) < 4.78 is 11.4. The van der Waals surface area contributed by atoms with Crippen LogP contribution in [-0.2, 0) is 0 Å². The van der Waals surface area contributed by atoms with E-state index in [-0.39, 0.29) is 0 Å². The average Bonchev–Trinajstić information content (AvgIpc) is 2.48. The van der Waals surface area contributed by atoms with Crippen LogP contribution in [0.25, 0.3) is 0 Å². The quantitative estimate of drug-likeness (QED) is 0.839. The van der Waals surface area contributed by atoms with E-state index in [4.69, 9.17) is 20.5 Å². The molecular formula is C16H16N2O2. The Labute approximate surface area is 118 Å². The van der Waals surface area contributed by atoms with Gasteiger partial charge in [0.25, 0.3) is 0 Å². The van der Waals surface area contributed by atoms with Crippen molar-refractivity contribution in [2.45, 2.75) is 13.3 Å². The normalized spacial score (nSPS) is 9.80.